The molecule has 1 aliphatic rings. The number of nitrogens with one attached hydrogen (secondary N) is 1. The molecule has 0 saturated carbocycles. The molecular formula is C19H16N2O2S2. The summed E-state index contributed by atoms with van der Waals surface area (Å²) in [6.07, 6.45) is 0. The summed E-state index contributed by atoms with van der Waals surface area (Å²) >= 11 is 3.89. The number of benzene rings is 2. The standard InChI is InChI=1S/C19H16N2O2S2/c22-18(16-12-17(23-21-16)13-5-2-1-3-6-13)20-15-8-4-7-14(11-15)19-24-9-10-25-19/h1-8,11-12,19H,9-10H2,(H,20,22). The van der Waals surface area contributed by atoms with Gasteiger partial charge in [-0.05, 0) is 17.7 Å². The van der Waals surface area contributed by atoms with Crippen LogP contribution in [-0.2, 0) is 0 Å². The number of carbonyl (C=O) groups excluding carboxylic acids is 1. The average Bonchev–Trinajstić information content (AvgIpc) is 3.35. The first kappa shape index (κ1) is 16.3. The molecule has 4 nitrogen and oxygen atoms in total. The molecule has 1 N–H and O–H groups in total. The molecule has 1 aromatic heterocycles. The molecular weight excluding hydrogens is 352 g/mol. The fraction of sp³-hybridized carbons (Fsp3) is 0.158. The van der Waals surface area contributed by atoms with Gasteiger partial charge in [0.05, 0.1) is 4.58 Å². The Kier molecular flexibility index (Phi) is 4.81. The van der Waals surface area contributed by atoms with Gasteiger partial charge in [0.2, 0.25) is 0 Å². The van der Waals surface area contributed by atoms with E-state index in [0.29, 0.717) is 10.3 Å². The summed E-state index contributed by atoms with van der Waals surface area (Å²) in [6.45, 7) is 0. The summed E-state index contributed by atoms with van der Waals surface area (Å²) in [5.41, 5.74) is 3.18. The number of rotatable bonds is 4. The van der Waals surface area contributed by atoms with Crippen LogP contribution in [0, 0.1) is 0 Å². The number of amides is 1. The molecule has 0 atom stereocenters. The van der Waals surface area contributed by atoms with Gasteiger partial charge in [-0.15, -0.1) is 23.5 Å². The van der Waals surface area contributed by atoms with Crippen LogP contribution < -0.4 is 5.32 Å². The van der Waals surface area contributed by atoms with E-state index in [9.17, 15) is 4.79 Å². The van der Waals surface area contributed by atoms with E-state index in [0.717, 1.165) is 11.3 Å². The molecule has 25 heavy (non-hydrogen) atoms. The highest BCUT2D eigenvalue weighted by molar-refractivity contribution is 8.19. The molecule has 1 amide bonds. The predicted molar refractivity (Wildman–Crippen MR) is 104 cm³/mol. The number of carbonyl (C=O) groups is 1. The van der Waals surface area contributed by atoms with Crippen LogP contribution in [0.25, 0.3) is 11.3 Å². The second kappa shape index (κ2) is 7.37. The van der Waals surface area contributed by atoms with Crippen LogP contribution in [0.2, 0.25) is 0 Å². The van der Waals surface area contributed by atoms with E-state index in [4.69, 9.17) is 4.52 Å². The zero-order valence-corrected chi connectivity index (χ0v) is 15.0. The van der Waals surface area contributed by atoms with Crippen LogP contribution >= 0.6 is 23.5 Å². The third-order valence-electron chi connectivity index (χ3n) is 3.84. The molecule has 2 heterocycles. The molecule has 1 aliphatic heterocycles. The Morgan fingerprint density at radius 1 is 1.04 bits per heavy atom. The summed E-state index contributed by atoms with van der Waals surface area (Å²) in [7, 11) is 0. The highest BCUT2D eigenvalue weighted by Gasteiger charge is 2.19. The van der Waals surface area contributed by atoms with Crippen LogP contribution in [0.5, 0.6) is 0 Å². The summed E-state index contributed by atoms with van der Waals surface area (Å²) < 4.78 is 5.75. The van der Waals surface area contributed by atoms with Crippen molar-refractivity contribution < 1.29 is 9.32 Å². The Balaban J connectivity index is 1.49. The first-order valence-corrected chi connectivity index (χ1v) is 10.1. The van der Waals surface area contributed by atoms with Crippen LogP contribution in [0.3, 0.4) is 0 Å². The van der Waals surface area contributed by atoms with Crippen LogP contribution in [0.4, 0.5) is 5.69 Å². The lowest BCUT2D eigenvalue weighted by atomic mass is 10.1. The lowest BCUT2D eigenvalue weighted by Gasteiger charge is -2.10. The first-order chi connectivity index (χ1) is 12.3. The van der Waals surface area contributed by atoms with Crippen molar-refractivity contribution >= 4 is 35.1 Å². The molecule has 0 bridgehead atoms. The van der Waals surface area contributed by atoms with Gasteiger partial charge in [-0.25, -0.2) is 0 Å². The smallest absolute Gasteiger partial charge is 0.277 e. The van der Waals surface area contributed by atoms with Crippen molar-refractivity contribution in [3.05, 3.63) is 71.9 Å². The fourth-order valence-electron chi connectivity index (χ4n) is 2.63. The Morgan fingerprint density at radius 2 is 1.84 bits per heavy atom. The van der Waals surface area contributed by atoms with Gasteiger partial charge in [0.25, 0.3) is 5.91 Å². The number of nitrogens with zero attached hydrogens (tertiary/aromatic N) is 1. The molecule has 3 aromatic rings. The lowest BCUT2D eigenvalue weighted by molar-refractivity contribution is 0.101. The SMILES string of the molecule is O=C(Nc1cccc(C2SCCS2)c1)c1cc(-c2ccccc2)on1. The Morgan fingerprint density at radius 3 is 2.64 bits per heavy atom. The van der Waals surface area contributed by atoms with E-state index in [1.807, 2.05) is 72.1 Å². The Labute approximate surface area is 154 Å². The van der Waals surface area contributed by atoms with Crippen molar-refractivity contribution in [2.45, 2.75) is 4.58 Å². The minimum absolute atomic E-state index is 0.269. The largest absolute Gasteiger partial charge is 0.355 e. The summed E-state index contributed by atoms with van der Waals surface area (Å²) in [5, 5.41) is 6.80. The quantitative estimate of drug-likeness (QED) is 0.696. The molecule has 0 spiro atoms. The topological polar surface area (TPSA) is 55.1 Å². The molecule has 4 rings (SSSR count). The molecule has 1 fully saturated rings. The van der Waals surface area contributed by atoms with Gasteiger partial charge >= 0.3 is 0 Å². The molecule has 126 valence electrons. The number of hydrogen-bond donors (Lipinski definition) is 1. The van der Waals surface area contributed by atoms with Gasteiger partial charge < -0.3 is 9.84 Å². The van der Waals surface area contributed by atoms with Crippen molar-refractivity contribution in [3.63, 3.8) is 0 Å². The molecule has 0 radical (unpaired) electrons. The molecule has 2 aromatic carbocycles. The van der Waals surface area contributed by atoms with Crippen molar-refractivity contribution in [3.8, 4) is 11.3 Å². The zero-order valence-electron chi connectivity index (χ0n) is 13.3. The van der Waals surface area contributed by atoms with Gasteiger partial charge in [-0.1, -0.05) is 47.6 Å². The number of aromatic nitrogens is 1. The first-order valence-electron chi connectivity index (χ1n) is 7.96. The second-order valence-electron chi connectivity index (χ2n) is 5.60. The van der Waals surface area contributed by atoms with Crippen molar-refractivity contribution in [2.24, 2.45) is 0 Å². The van der Waals surface area contributed by atoms with Crippen LogP contribution in [0.1, 0.15) is 20.6 Å². The average molecular weight is 368 g/mol. The van der Waals surface area contributed by atoms with E-state index in [1.54, 1.807) is 6.07 Å². The fourth-order valence-corrected chi connectivity index (χ4v) is 5.47. The minimum Gasteiger partial charge on any atom is -0.355 e. The maximum Gasteiger partial charge on any atom is 0.277 e. The summed E-state index contributed by atoms with van der Waals surface area (Å²) in [5.74, 6) is 2.66. The van der Waals surface area contributed by atoms with Gasteiger partial charge in [0, 0.05) is 28.8 Å². The van der Waals surface area contributed by atoms with E-state index in [-0.39, 0.29) is 11.6 Å². The van der Waals surface area contributed by atoms with Gasteiger partial charge in [-0.3, -0.25) is 4.79 Å². The Bertz CT molecular complexity index is 874. The minimum atomic E-state index is -0.269. The van der Waals surface area contributed by atoms with Crippen molar-refractivity contribution in [2.75, 3.05) is 16.8 Å². The summed E-state index contributed by atoms with van der Waals surface area (Å²) in [4.78, 5) is 12.4. The van der Waals surface area contributed by atoms with Crippen LogP contribution in [-0.4, -0.2) is 22.6 Å². The highest BCUT2D eigenvalue weighted by Crippen LogP contribution is 2.45. The molecule has 0 unspecified atom stereocenters. The normalized spacial score (nSPS) is 14.6. The zero-order chi connectivity index (χ0) is 17.1. The third kappa shape index (κ3) is 3.75. The van der Waals surface area contributed by atoms with E-state index < -0.39 is 0 Å². The maximum atomic E-state index is 12.4. The number of anilines is 1. The second-order valence-corrected chi connectivity index (χ2v) is 8.32. The van der Waals surface area contributed by atoms with Gasteiger partial charge in [0.15, 0.2) is 11.5 Å². The highest BCUT2D eigenvalue weighted by atomic mass is 32.2. The van der Waals surface area contributed by atoms with Gasteiger partial charge in [0.1, 0.15) is 0 Å². The van der Waals surface area contributed by atoms with Crippen LogP contribution in [0.15, 0.2) is 65.2 Å². The van der Waals surface area contributed by atoms with E-state index in [1.165, 1.54) is 17.1 Å². The van der Waals surface area contributed by atoms with Crippen molar-refractivity contribution in [1.82, 2.24) is 5.16 Å². The van der Waals surface area contributed by atoms with Gasteiger partial charge in [-0.2, -0.15) is 0 Å². The van der Waals surface area contributed by atoms with E-state index >= 15 is 0 Å². The van der Waals surface area contributed by atoms with E-state index in [2.05, 4.69) is 16.5 Å². The molecule has 0 aliphatic carbocycles. The maximum absolute atomic E-state index is 12.4. The Hall–Kier alpha value is -2.18. The lowest BCUT2D eigenvalue weighted by Crippen LogP contribution is -2.12. The van der Waals surface area contributed by atoms with Crippen molar-refractivity contribution in [1.29, 1.82) is 0 Å². The summed E-state index contributed by atoms with van der Waals surface area (Å²) in [6, 6.07) is 19.3. The predicted octanol–water partition coefficient (Wildman–Crippen LogP) is 5.07. The molecule has 1 saturated heterocycles. The number of hydrogen-bond acceptors (Lipinski definition) is 5. The molecule has 6 heteroatoms. The monoisotopic (exact) mass is 368 g/mol. The number of thioether (sulfide) groups is 2. The third-order valence-corrected chi connectivity index (χ3v) is 6.94.